The van der Waals surface area contributed by atoms with Gasteiger partial charge in [0.05, 0.1) is 6.61 Å². The zero-order valence-corrected chi connectivity index (χ0v) is 16.6. The van der Waals surface area contributed by atoms with E-state index in [1.807, 2.05) is 0 Å². The van der Waals surface area contributed by atoms with Crippen molar-refractivity contribution in [1.29, 1.82) is 0 Å². The summed E-state index contributed by atoms with van der Waals surface area (Å²) < 4.78 is 47.8. The Hall–Kier alpha value is -1.34. The SMILES string of the molecule is COP(=O)(O)OC[C@H]1O[C@@H](N2[C]Nc3c(N)ncnc32)C[C@@H]1OP(=O)(O)OC. The van der Waals surface area contributed by atoms with Gasteiger partial charge in [0.1, 0.15) is 30.5 Å². The lowest BCUT2D eigenvalue weighted by Gasteiger charge is -2.23. The molecule has 16 heteroatoms. The first-order chi connectivity index (χ1) is 13.2. The summed E-state index contributed by atoms with van der Waals surface area (Å²) in [5, 5.41) is 2.79. The molecular formula is C12H19N5O9P2. The minimum Gasteiger partial charge on any atom is -0.382 e. The summed E-state index contributed by atoms with van der Waals surface area (Å²) in [5.41, 5.74) is 6.20. The molecule has 5 N–H and O–H groups in total. The van der Waals surface area contributed by atoms with E-state index in [0.29, 0.717) is 11.5 Å². The molecule has 28 heavy (non-hydrogen) atoms. The lowest BCUT2D eigenvalue weighted by molar-refractivity contribution is -0.0220. The lowest BCUT2D eigenvalue weighted by Crippen LogP contribution is -2.33. The zero-order chi connectivity index (χ0) is 20.5. The summed E-state index contributed by atoms with van der Waals surface area (Å²) in [4.78, 5) is 28.5. The maximum absolute atomic E-state index is 11.8. The lowest BCUT2D eigenvalue weighted by atomic mass is 10.2. The predicted molar refractivity (Wildman–Crippen MR) is 93.6 cm³/mol. The maximum atomic E-state index is 11.8. The van der Waals surface area contributed by atoms with Crippen LogP contribution in [0.4, 0.5) is 17.3 Å². The molecule has 3 heterocycles. The molecule has 2 unspecified atom stereocenters. The highest BCUT2D eigenvalue weighted by Gasteiger charge is 2.46. The van der Waals surface area contributed by atoms with Crippen LogP contribution < -0.4 is 16.0 Å². The molecule has 0 saturated carbocycles. The van der Waals surface area contributed by atoms with Crippen molar-refractivity contribution in [3.63, 3.8) is 0 Å². The van der Waals surface area contributed by atoms with Crippen molar-refractivity contribution < 1.29 is 41.7 Å². The Morgan fingerprint density at radius 1 is 1.36 bits per heavy atom. The van der Waals surface area contributed by atoms with E-state index in [1.54, 1.807) is 0 Å². The van der Waals surface area contributed by atoms with Crippen LogP contribution in [0.2, 0.25) is 0 Å². The second-order valence-electron chi connectivity index (χ2n) is 5.67. The van der Waals surface area contributed by atoms with Gasteiger partial charge in [-0.3, -0.25) is 23.0 Å². The van der Waals surface area contributed by atoms with Gasteiger partial charge in [0.2, 0.25) is 6.67 Å². The molecule has 0 amide bonds. The number of hydrogen-bond acceptors (Lipinski definition) is 12. The molecule has 0 aromatic carbocycles. The van der Waals surface area contributed by atoms with Crippen molar-refractivity contribution in [3.05, 3.63) is 13.0 Å². The number of nitrogens with one attached hydrogen (secondary N) is 1. The Morgan fingerprint density at radius 3 is 2.75 bits per heavy atom. The molecule has 1 aromatic heterocycles. The number of nitrogens with two attached hydrogens (primary N) is 1. The Labute approximate surface area is 160 Å². The van der Waals surface area contributed by atoms with Gasteiger partial charge in [-0.25, -0.2) is 19.1 Å². The van der Waals surface area contributed by atoms with E-state index in [9.17, 15) is 18.9 Å². The molecular weight excluding hydrogens is 420 g/mol. The Bertz CT molecular complexity index is 814. The van der Waals surface area contributed by atoms with Crippen molar-refractivity contribution in [2.24, 2.45) is 0 Å². The molecule has 1 saturated heterocycles. The summed E-state index contributed by atoms with van der Waals surface area (Å²) >= 11 is 0. The molecule has 156 valence electrons. The molecule has 3 rings (SSSR count). The quantitative estimate of drug-likeness (QED) is 0.405. The minimum atomic E-state index is -4.36. The third-order valence-electron chi connectivity index (χ3n) is 3.99. The number of phosphoric ester groups is 2. The van der Waals surface area contributed by atoms with Crippen molar-refractivity contribution in [3.8, 4) is 0 Å². The number of ether oxygens (including phenoxy) is 1. The molecule has 14 nitrogen and oxygen atoms in total. The van der Waals surface area contributed by atoms with Crippen LogP contribution in [0.25, 0.3) is 0 Å². The number of anilines is 3. The van der Waals surface area contributed by atoms with Gasteiger partial charge in [-0.05, 0) is 0 Å². The van der Waals surface area contributed by atoms with E-state index in [2.05, 4.69) is 31.0 Å². The third kappa shape index (κ3) is 4.62. The van der Waals surface area contributed by atoms with Crippen LogP contribution in [-0.2, 0) is 32.0 Å². The first-order valence-electron chi connectivity index (χ1n) is 7.82. The van der Waals surface area contributed by atoms with Gasteiger partial charge in [-0.15, -0.1) is 0 Å². The van der Waals surface area contributed by atoms with Crippen LogP contribution in [0, 0.1) is 6.67 Å². The number of phosphoric acid groups is 2. The van der Waals surface area contributed by atoms with E-state index in [-0.39, 0.29) is 12.2 Å². The second-order valence-corrected chi connectivity index (χ2v) is 8.74. The number of fused-ring (bicyclic) bond motifs is 1. The Balaban J connectivity index is 1.77. The summed E-state index contributed by atoms with van der Waals surface area (Å²) in [5.74, 6) is 0.577. The zero-order valence-electron chi connectivity index (χ0n) is 14.8. The van der Waals surface area contributed by atoms with Crippen molar-refractivity contribution in [2.75, 3.05) is 36.8 Å². The van der Waals surface area contributed by atoms with Gasteiger partial charge < -0.3 is 25.6 Å². The van der Waals surface area contributed by atoms with Gasteiger partial charge >= 0.3 is 15.6 Å². The van der Waals surface area contributed by atoms with Crippen LogP contribution in [0.1, 0.15) is 6.42 Å². The minimum absolute atomic E-state index is 0.0582. The molecule has 2 radical (unpaired) electrons. The fourth-order valence-electron chi connectivity index (χ4n) is 2.62. The van der Waals surface area contributed by atoms with Crippen molar-refractivity contribution >= 4 is 33.0 Å². The van der Waals surface area contributed by atoms with Gasteiger partial charge in [0.25, 0.3) is 0 Å². The van der Waals surface area contributed by atoms with E-state index < -0.39 is 40.7 Å². The van der Waals surface area contributed by atoms with Crippen LogP contribution in [0.15, 0.2) is 6.33 Å². The molecule has 0 bridgehead atoms. The highest BCUT2D eigenvalue weighted by molar-refractivity contribution is 7.47. The first kappa shape index (κ1) is 21.4. The van der Waals surface area contributed by atoms with E-state index in [0.717, 1.165) is 14.2 Å². The summed E-state index contributed by atoms with van der Waals surface area (Å²) in [7, 11) is -6.65. The fraction of sp³-hybridized carbons (Fsp3) is 0.583. The van der Waals surface area contributed by atoms with Gasteiger partial charge in [0.15, 0.2) is 11.6 Å². The molecule has 0 spiro atoms. The Morgan fingerprint density at radius 2 is 2.07 bits per heavy atom. The number of nitrogens with zero attached hydrogens (tertiary/aromatic N) is 3. The number of rotatable bonds is 8. The highest BCUT2D eigenvalue weighted by atomic mass is 31.2. The fourth-order valence-corrected chi connectivity index (χ4v) is 3.71. The van der Waals surface area contributed by atoms with E-state index in [4.69, 9.17) is 19.5 Å². The van der Waals surface area contributed by atoms with Crippen LogP contribution in [0.5, 0.6) is 0 Å². The van der Waals surface area contributed by atoms with Crippen LogP contribution >= 0.6 is 15.6 Å². The summed E-state index contributed by atoms with van der Waals surface area (Å²) in [6.07, 6.45) is -1.46. The average Bonchev–Trinajstić information content (AvgIpc) is 3.24. The van der Waals surface area contributed by atoms with Crippen LogP contribution in [0.3, 0.4) is 0 Å². The molecule has 1 aromatic rings. The van der Waals surface area contributed by atoms with E-state index >= 15 is 0 Å². The second kappa shape index (κ2) is 8.19. The average molecular weight is 439 g/mol. The number of aromatic nitrogens is 2. The molecule has 0 aliphatic carbocycles. The van der Waals surface area contributed by atoms with Crippen LogP contribution in [-0.4, -0.2) is 59.0 Å². The maximum Gasteiger partial charge on any atom is 0.472 e. The highest BCUT2D eigenvalue weighted by Crippen LogP contribution is 2.49. The van der Waals surface area contributed by atoms with Crippen molar-refractivity contribution in [2.45, 2.75) is 24.9 Å². The molecule has 2 aliphatic rings. The number of nitrogen functional groups attached to an aromatic ring is 1. The molecule has 1 fully saturated rings. The largest absolute Gasteiger partial charge is 0.472 e. The topological polar surface area (TPSA) is 188 Å². The third-order valence-corrected chi connectivity index (χ3v) is 5.92. The number of hydrogen-bond donors (Lipinski definition) is 4. The van der Waals surface area contributed by atoms with Gasteiger partial charge in [-0.2, -0.15) is 0 Å². The van der Waals surface area contributed by atoms with E-state index in [1.165, 1.54) is 11.2 Å². The van der Waals surface area contributed by atoms with Crippen molar-refractivity contribution in [1.82, 2.24) is 9.97 Å². The first-order valence-corrected chi connectivity index (χ1v) is 10.8. The molecule has 2 aliphatic heterocycles. The monoisotopic (exact) mass is 439 g/mol. The molecule has 5 atom stereocenters. The van der Waals surface area contributed by atoms with Gasteiger partial charge in [-0.1, -0.05) is 0 Å². The van der Waals surface area contributed by atoms with Gasteiger partial charge in [0, 0.05) is 20.6 Å². The normalized spacial score (nSPS) is 28.4. The Kier molecular flexibility index (Phi) is 6.25. The predicted octanol–water partition coefficient (Wildman–Crippen LogP) is 0.297. The standard InChI is InChI=1S/C12H19N5O9P2/c1-22-27(18,19)24-4-8-7(26-28(20,21)23-2)3-9(25-8)17-6-16-10-11(13)14-5-15-12(10)17/h5,7-9,16H,3-4H2,1-2H3,(H,18,19)(H,20,21)(H2,13,14,15)/t7-,8+,9+/m0/s1. The smallest absolute Gasteiger partial charge is 0.382 e. The summed E-state index contributed by atoms with van der Waals surface area (Å²) in [6, 6.07) is 0. The summed E-state index contributed by atoms with van der Waals surface area (Å²) in [6.45, 7) is 2.34.